The number of hydrogen-bond donors (Lipinski definition) is 0. The van der Waals surface area contributed by atoms with Crippen molar-refractivity contribution in [3.63, 3.8) is 0 Å². The van der Waals surface area contributed by atoms with Crippen LogP contribution in [-0.2, 0) is 0 Å². The molecule has 0 radical (unpaired) electrons. The van der Waals surface area contributed by atoms with Crippen LogP contribution in [0.5, 0.6) is 0 Å². The van der Waals surface area contributed by atoms with Crippen molar-refractivity contribution in [3.8, 4) is 0 Å². The van der Waals surface area contributed by atoms with Crippen LogP contribution < -0.4 is 3.64 Å². The molecule has 0 aliphatic heterocycles. The van der Waals surface area contributed by atoms with Crippen LogP contribution in [0.25, 0.3) is 10.9 Å². The van der Waals surface area contributed by atoms with Crippen molar-refractivity contribution in [2.24, 2.45) is 0 Å². The minimum absolute atomic E-state index is 1.09. The third kappa shape index (κ3) is 1.39. The molecule has 0 atom stereocenters. The summed E-state index contributed by atoms with van der Waals surface area (Å²) >= 11 is 1.09. The summed E-state index contributed by atoms with van der Waals surface area (Å²) in [6, 6.07) is 12.4. The number of benzene rings is 1. The van der Waals surface area contributed by atoms with Crippen LogP contribution in [0, 0.1) is 0 Å². The molecule has 0 spiro atoms. The Labute approximate surface area is 78.9 Å². The molecule has 1 heterocycles. The number of hydrogen-bond acceptors (Lipinski definition) is 1. The maximum absolute atomic E-state index is 4.43. The van der Waals surface area contributed by atoms with Crippen molar-refractivity contribution < 1.29 is 0 Å². The zero-order chi connectivity index (χ0) is 7.68. The van der Waals surface area contributed by atoms with Crippen LogP contribution in [0.4, 0.5) is 0 Å². The number of para-hydroxylation sites is 1. The van der Waals surface area contributed by atoms with Crippen LogP contribution >= 0.6 is 0 Å². The normalized spacial score (nSPS) is 10.3. The third-order valence-corrected chi connectivity index (χ3v) is 2.54. The molecule has 0 amide bonds. The van der Waals surface area contributed by atoms with Crippen LogP contribution in [0.2, 0.25) is 0 Å². The second-order valence-electron chi connectivity index (χ2n) is 2.43. The van der Waals surface area contributed by atoms with E-state index < -0.39 is 0 Å². The SMILES string of the molecule is [SbH2][c]1ccc2ccccc2n1. The predicted molar refractivity (Wildman–Crippen MR) is 49.9 cm³/mol. The molecule has 2 rings (SSSR count). The first-order valence-corrected chi connectivity index (χ1v) is 5.12. The van der Waals surface area contributed by atoms with Gasteiger partial charge in [0, 0.05) is 0 Å². The molecule has 0 aliphatic carbocycles. The quantitative estimate of drug-likeness (QED) is 0.622. The summed E-state index contributed by atoms with van der Waals surface area (Å²) in [6.07, 6.45) is 0. The van der Waals surface area contributed by atoms with E-state index in [1.54, 1.807) is 0 Å². The van der Waals surface area contributed by atoms with E-state index in [4.69, 9.17) is 0 Å². The predicted octanol–water partition coefficient (Wildman–Crippen LogP) is 0.493. The molecule has 0 saturated heterocycles. The zero-order valence-corrected chi connectivity index (χ0v) is 9.28. The number of pyridine rings is 1. The molecule has 2 aromatic rings. The molecule has 0 saturated carbocycles. The Hall–Kier alpha value is -0.552. The van der Waals surface area contributed by atoms with E-state index >= 15 is 0 Å². The Bertz CT molecular complexity index is 384. The van der Waals surface area contributed by atoms with Gasteiger partial charge < -0.3 is 0 Å². The Morgan fingerprint density at radius 3 is 2.73 bits per heavy atom. The van der Waals surface area contributed by atoms with E-state index in [9.17, 15) is 0 Å². The van der Waals surface area contributed by atoms with E-state index in [1.807, 2.05) is 12.1 Å². The molecule has 2 heteroatoms. The van der Waals surface area contributed by atoms with Gasteiger partial charge in [0.1, 0.15) is 0 Å². The Morgan fingerprint density at radius 2 is 1.82 bits per heavy atom. The molecular weight excluding hydrogens is 244 g/mol. The van der Waals surface area contributed by atoms with Gasteiger partial charge in [0.25, 0.3) is 0 Å². The van der Waals surface area contributed by atoms with E-state index in [0.717, 1.165) is 28.5 Å². The van der Waals surface area contributed by atoms with Gasteiger partial charge in [-0.3, -0.25) is 0 Å². The first-order chi connectivity index (χ1) is 5.36. The second-order valence-corrected chi connectivity index (χ2v) is 4.12. The van der Waals surface area contributed by atoms with Crippen molar-refractivity contribution in [1.82, 2.24) is 4.98 Å². The average molecular weight is 252 g/mol. The van der Waals surface area contributed by atoms with Crippen LogP contribution in [0.1, 0.15) is 0 Å². The van der Waals surface area contributed by atoms with Gasteiger partial charge in [0.2, 0.25) is 0 Å². The summed E-state index contributed by atoms with van der Waals surface area (Å²) in [6.45, 7) is 0. The number of aromatic nitrogens is 1. The molecule has 1 aromatic carbocycles. The monoisotopic (exact) mass is 251 g/mol. The first-order valence-electron chi connectivity index (χ1n) is 3.47. The van der Waals surface area contributed by atoms with Crippen molar-refractivity contribution >= 4 is 37.6 Å². The van der Waals surface area contributed by atoms with Crippen LogP contribution in [0.15, 0.2) is 36.4 Å². The molecular formula is C9H8NSb. The molecule has 0 N–H and O–H groups in total. The summed E-state index contributed by atoms with van der Waals surface area (Å²) in [4.78, 5) is 4.43. The van der Waals surface area contributed by atoms with Crippen molar-refractivity contribution in [3.05, 3.63) is 36.4 Å². The Kier molecular flexibility index (Phi) is 1.83. The van der Waals surface area contributed by atoms with Crippen molar-refractivity contribution in [1.29, 1.82) is 0 Å². The van der Waals surface area contributed by atoms with Gasteiger partial charge in [-0.25, -0.2) is 0 Å². The summed E-state index contributed by atoms with van der Waals surface area (Å²) in [5, 5.41) is 1.23. The van der Waals surface area contributed by atoms with Crippen LogP contribution in [-0.4, -0.2) is 28.0 Å². The van der Waals surface area contributed by atoms with Gasteiger partial charge in [0.05, 0.1) is 0 Å². The molecule has 11 heavy (non-hydrogen) atoms. The molecule has 1 nitrogen and oxygen atoms in total. The standard InChI is InChI=1S/C9H6N.Sb.2H/c1-2-6-9-8(4-1)5-3-7-10-9;;;/h1-6H;;;. The topological polar surface area (TPSA) is 12.9 Å². The molecule has 0 aliphatic rings. The Morgan fingerprint density at radius 1 is 1.00 bits per heavy atom. The molecule has 0 unspecified atom stereocenters. The number of nitrogens with zero attached hydrogens (tertiary/aromatic N) is 1. The summed E-state index contributed by atoms with van der Waals surface area (Å²) in [5.41, 5.74) is 1.11. The van der Waals surface area contributed by atoms with Crippen LogP contribution in [0.3, 0.4) is 0 Å². The van der Waals surface area contributed by atoms with E-state index in [1.165, 1.54) is 9.03 Å². The average Bonchev–Trinajstić information content (AvgIpc) is 2.04. The van der Waals surface area contributed by atoms with E-state index in [2.05, 4.69) is 29.2 Å². The summed E-state index contributed by atoms with van der Waals surface area (Å²) in [7, 11) is 0. The number of rotatable bonds is 0. The second kappa shape index (κ2) is 2.83. The zero-order valence-electron chi connectivity index (χ0n) is 5.99. The first kappa shape index (κ1) is 7.12. The van der Waals surface area contributed by atoms with E-state index in [-0.39, 0.29) is 0 Å². The third-order valence-electron chi connectivity index (χ3n) is 1.62. The van der Waals surface area contributed by atoms with Gasteiger partial charge in [0.15, 0.2) is 0 Å². The molecule has 1 aromatic heterocycles. The molecule has 0 bridgehead atoms. The van der Waals surface area contributed by atoms with Gasteiger partial charge >= 0.3 is 78.9 Å². The Balaban J connectivity index is 2.83. The molecule has 0 fully saturated rings. The van der Waals surface area contributed by atoms with Crippen molar-refractivity contribution in [2.75, 3.05) is 0 Å². The van der Waals surface area contributed by atoms with Gasteiger partial charge in [-0.2, -0.15) is 0 Å². The van der Waals surface area contributed by atoms with E-state index in [0.29, 0.717) is 0 Å². The maximum atomic E-state index is 4.43. The number of fused-ring (bicyclic) bond motifs is 1. The van der Waals surface area contributed by atoms with Gasteiger partial charge in [-0.1, -0.05) is 0 Å². The van der Waals surface area contributed by atoms with Gasteiger partial charge in [-0.15, -0.1) is 0 Å². The van der Waals surface area contributed by atoms with Gasteiger partial charge in [-0.05, 0) is 0 Å². The minimum atomic E-state index is 1.09. The summed E-state index contributed by atoms with van der Waals surface area (Å²) in [5.74, 6) is 0. The fourth-order valence-corrected chi connectivity index (χ4v) is 1.75. The fraction of sp³-hybridized carbons (Fsp3) is 0. The fourth-order valence-electron chi connectivity index (χ4n) is 1.08. The molecule has 54 valence electrons. The summed E-state index contributed by atoms with van der Waals surface area (Å²) < 4.78 is 1.20. The van der Waals surface area contributed by atoms with Crippen molar-refractivity contribution in [2.45, 2.75) is 0 Å².